The van der Waals surface area contributed by atoms with Gasteiger partial charge in [-0.2, -0.15) is 0 Å². The smallest absolute Gasteiger partial charge is 0.257 e. The molecule has 0 saturated heterocycles. The van der Waals surface area contributed by atoms with Crippen LogP contribution in [0.25, 0.3) is 11.1 Å². The molecule has 2 aliphatic rings. The number of fused-ring (bicyclic) bond motifs is 1. The minimum Gasteiger partial charge on any atom is -0.321 e. The number of ketones is 1. The Morgan fingerprint density at radius 2 is 1.59 bits per heavy atom. The average molecular weight is 287 g/mol. The first-order chi connectivity index (χ1) is 10.7. The van der Waals surface area contributed by atoms with Crippen molar-refractivity contribution in [1.82, 2.24) is 0 Å². The zero-order valence-electron chi connectivity index (χ0n) is 11.8. The second-order valence-corrected chi connectivity index (χ2v) is 5.42. The van der Waals surface area contributed by atoms with Gasteiger partial charge in [0.25, 0.3) is 5.91 Å². The number of allylic oxidation sites excluding steroid dienone is 3. The first-order valence-corrected chi connectivity index (χ1v) is 7.18. The van der Waals surface area contributed by atoms with Crippen LogP contribution in [0.3, 0.4) is 0 Å². The predicted octanol–water partition coefficient (Wildman–Crippen LogP) is 3.45. The molecule has 1 amide bonds. The van der Waals surface area contributed by atoms with E-state index in [4.69, 9.17) is 0 Å². The van der Waals surface area contributed by atoms with Crippen molar-refractivity contribution in [1.29, 1.82) is 0 Å². The molecular formula is C19H13NO2. The summed E-state index contributed by atoms with van der Waals surface area (Å²) in [6, 6.07) is 17.3. The van der Waals surface area contributed by atoms with Crippen molar-refractivity contribution in [3.63, 3.8) is 0 Å². The number of anilines is 1. The van der Waals surface area contributed by atoms with Gasteiger partial charge in [-0.25, -0.2) is 0 Å². The molecule has 0 unspecified atom stereocenters. The molecule has 106 valence electrons. The highest BCUT2D eigenvalue weighted by molar-refractivity contribution is 6.37. The molecule has 3 nitrogen and oxygen atoms in total. The van der Waals surface area contributed by atoms with Gasteiger partial charge in [-0.15, -0.1) is 0 Å². The fourth-order valence-corrected chi connectivity index (χ4v) is 3.01. The molecule has 0 spiro atoms. The van der Waals surface area contributed by atoms with Crippen LogP contribution in [0, 0.1) is 0 Å². The second-order valence-electron chi connectivity index (χ2n) is 5.42. The highest BCUT2D eigenvalue weighted by Crippen LogP contribution is 2.38. The van der Waals surface area contributed by atoms with Crippen LogP contribution in [0.5, 0.6) is 0 Å². The second kappa shape index (κ2) is 4.81. The molecule has 0 aromatic heterocycles. The van der Waals surface area contributed by atoms with E-state index < -0.39 is 0 Å². The van der Waals surface area contributed by atoms with Crippen molar-refractivity contribution in [3.05, 3.63) is 77.4 Å². The van der Waals surface area contributed by atoms with E-state index in [2.05, 4.69) is 5.32 Å². The summed E-state index contributed by atoms with van der Waals surface area (Å²) in [5.41, 5.74) is 4.57. The Morgan fingerprint density at radius 3 is 2.41 bits per heavy atom. The maximum atomic E-state index is 12.4. The number of hydrogen-bond donors (Lipinski definition) is 1. The van der Waals surface area contributed by atoms with E-state index in [-0.39, 0.29) is 11.7 Å². The van der Waals surface area contributed by atoms with Gasteiger partial charge in [-0.1, -0.05) is 48.5 Å². The highest BCUT2D eigenvalue weighted by Gasteiger charge is 2.31. The van der Waals surface area contributed by atoms with Crippen LogP contribution in [0.2, 0.25) is 0 Å². The number of nitrogens with one attached hydrogen (secondary N) is 1. The van der Waals surface area contributed by atoms with E-state index >= 15 is 0 Å². The van der Waals surface area contributed by atoms with Crippen molar-refractivity contribution in [2.24, 2.45) is 0 Å². The Balaban J connectivity index is 1.87. The van der Waals surface area contributed by atoms with Gasteiger partial charge in [0.15, 0.2) is 5.78 Å². The Bertz CT molecular complexity index is 860. The molecular weight excluding hydrogens is 274 g/mol. The van der Waals surface area contributed by atoms with Gasteiger partial charge in [0.1, 0.15) is 0 Å². The van der Waals surface area contributed by atoms with Gasteiger partial charge in [0, 0.05) is 23.2 Å². The first-order valence-electron chi connectivity index (χ1n) is 7.18. The van der Waals surface area contributed by atoms with Gasteiger partial charge >= 0.3 is 0 Å². The van der Waals surface area contributed by atoms with E-state index in [1.54, 1.807) is 0 Å². The van der Waals surface area contributed by atoms with Crippen molar-refractivity contribution in [2.45, 2.75) is 6.42 Å². The van der Waals surface area contributed by atoms with Crippen LogP contribution >= 0.6 is 0 Å². The van der Waals surface area contributed by atoms with Crippen molar-refractivity contribution < 1.29 is 9.59 Å². The number of carbonyl (C=O) groups is 2. The van der Waals surface area contributed by atoms with Crippen LogP contribution in [-0.2, 0) is 9.59 Å². The summed E-state index contributed by atoms with van der Waals surface area (Å²) < 4.78 is 0. The maximum Gasteiger partial charge on any atom is 0.257 e. The molecule has 0 saturated carbocycles. The lowest BCUT2D eigenvalue weighted by Gasteiger charge is -1.99. The lowest BCUT2D eigenvalue weighted by atomic mass is 10.00. The predicted molar refractivity (Wildman–Crippen MR) is 86.0 cm³/mol. The van der Waals surface area contributed by atoms with Gasteiger partial charge < -0.3 is 5.32 Å². The third kappa shape index (κ3) is 1.91. The van der Waals surface area contributed by atoms with E-state index in [1.807, 2.05) is 60.7 Å². The van der Waals surface area contributed by atoms with Crippen molar-refractivity contribution >= 4 is 28.5 Å². The van der Waals surface area contributed by atoms with Crippen LogP contribution in [0.1, 0.15) is 17.5 Å². The molecule has 22 heavy (non-hydrogen) atoms. The summed E-state index contributed by atoms with van der Waals surface area (Å²) >= 11 is 0. The molecule has 0 radical (unpaired) electrons. The lowest BCUT2D eigenvalue weighted by molar-refractivity contribution is -0.115. The monoisotopic (exact) mass is 287 g/mol. The molecule has 0 fully saturated rings. The molecule has 3 heteroatoms. The molecule has 2 aromatic rings. The fraction of sp³-hybridized carbons (Fsp3) is 0.0526. The van der Waals surface area contributed by atoms with E-state index in [0.717, 1.165) is 22.4 Å². The third-order valence-corrected chi connectivity index (χ3v) is 4.06. The Hall–Kier alpha value is -2.94. The molecule has 0 bridgehead atoms. The van der Waals surface area contributed by atoms with Crippen molar-refractivity contribution in [2.75, 3.05) is 5.32 Å². The summed E-state index contributed by atoms with van der Waals surface area (Å²) in [7, 11) is 0. The number of benzene rings is 2. The largest absolute Gasteiger partial charge is 0.321 e. The minimum atomic E-state index is -0.199. The SMILES string of the molecule is O=C1CC(c2ccccc2)=C/C1=C1\C(=O)Nc2ccccc21. The van der Waals surface area contributed by atoms with Crippen LogP contribution in [0.4, 0.5) is 5.69 Å². The van der Waals surface area contributed by atoms with Crippen LogP contribution < -0.4 is 5.32 Å². The van der Waals surface area contributed by atoms with Gasteiger partial charge in [0.05, 0.1) is 5.57 Å². The van der Waals surface area contributed by atoms with E-state index in [1.165, 1.54) is 0 Å². The van der Waals surface area contributed by atoms with Gasteiger partial charge in [0.2, 0.25) is 0 Å². The summed E-state index contributed by atoms with van der Waals surface area (Å²) in [6.07, 6.45) is 2.20. The third-order valence-electron chi connectivity index (χ3n) is 4.06. The molecule has 2 aromatic carbocycles. The quantitative estimate of drug-likeness (QED) is 0.817. The summed E-state index contributed by atoms with van der Waals surface area (Å²) in [4.78, 5) is 24.7. The molecule has 1 heterocycles. The highest BCUT2D eigenvalue weighted by atomic mass is 16.2. The number of rotatable bonds is 1. The van der Waals surface area contributed by atoms with Gasteiger partial charge in [-0.05, 0) is 23.3 Å². The normalized spacial score (nSPS) is 19.9. The fourth-order valence-electron chi connectivity index (χ4n) is 3.01. The minimum absolute atomic E-state index is 0.000654. The average Bonchev–Trinajstić information content (AvgIpc) is 3.07. The molecule has 0 atom stereocenters. The zero-order chi connectivity index (χ0) is 15.1. The summed E-state index contributed by atoms with van der Waals surface area (Å²) in [5.74, 6) is -0.198. The lowest BCUT2D eigenvalue weighted by Crippen LogP contribution is -2.08. The van der Waals surface area contributed by atoms with E-state index in [0.29, 0.717) is 17.6 Å². The number of para-hydroxylation sites is 1. The van der Waals surface area contributed by atoms with Crippen LogP contribution in [0.15, 0.2) is 66.2 Å². The maximum absolute atomic E-state index is 12.4. The Labute approximate surface area is 128 Å². The van der Waals surface area contributed by atoms with Crippen molar-refractivity contribution in [3.8, 4) is 0 Å². The molecule has 1 aliphatic heterocycles. The number of hydrogen-bond acceptors (Lipinski definition) is 2. The number of amides is 1. The summed E-state index contributed by atoms with van der Waals surface area (Å²) in [5, 5.41) is 2.82. The Kier molecular flexibility index (Phi) is 2.79. The standard InChI is InChI=1S/C19H13NO2/c21-17-11-13(12-6-2-1-3-7-12)10-15(17)18-14-8-4-5-9-16(14)20-19(18)22/h1-10H,11H2,(H,20,22)/b18-15+. The van der Waals surface area contributed by atoms with E-state index in [9.17, 15) is 9.59 Å². The molecule has 1 N–H and O–H groups in total. The zero-order valence-corrected chi connectivity index (χ0v) is 11.8. The number of Topliss-reactive ketones (excluding diaryl/α,β-unsaturated/α-hetero) is 1. The first kappa shape index (κ1) is 12.8. The van der Waals surface area contributed by atoms with Gasteiger partial charge in [-0.3, -0.25) is 9.59 Å². The Morgan fingerprint density at radius 1 is 0.864 bits per heavy atom. The number of carbonyl (C=O) groups excluding carboxylic acids is 2. The van der Waals surface area contributed by atoms with Crippen LogP contribution in [-0.4, -0.2) is 11.7 Å². The molecule has 1 aliphatic carbocycles. The summed E-state index contributed by atoms with van der Waals surface area (Å²) in [6.45, 7) is 0. The molecule has 4 rings (SSSR count). The topological polar surface area (TPSA) is 46.2 Å².